The number of aromatic nitrogens is 2. The minimum absolute atomic E-state index is 0.211. The summed E-state index contributed by atoms with van der Waals surface area (Å²) in [7, 11) is 0. The van der Waals surface area contributed by atoms with Crippen LogP contribution in [-0.2, 0) is 4.79 Å². The van der Waals surface area contributed by atoms with Crippen LogP contribution in [0, 0.1) is 19.8 Å². The average molecular weight is 386 g/mol. The normalized spacial score (nSPS) is 22.5. The van der Waals surface area contributed by atoms with Gasteiger partial charge in [0.2, 0.25) is 11.8 Å². The molecule has 2 aliphatic rings. The molecule has 1 aliphatic carbocycles. The molecule has 0 spiro atoms. The lowest BCUT2D eigenvalue weighted by Crippen LogP contribution is -2.50. The number of thioether (sulfide) groups is 1. The first-order valence-corrected chi connectivity index (χ1v) is 10.9. The van der Waals surface area contributed by atoms with E-state index in [2.05, 4.69) is 35.0 Å². The molecule has 2 atom stereocenters. The Balaban J connectivity index is 1.39. The average Bonchev–Trinajstić information content (AvgIpc) is 3.14. The topological polar surface area (TPSA) is 59.2 Å². The van der Waals surface area contributed by atoms with E-state index in [0.717, 1.165) is 18.5 Å². The molecule has 5 nitrogen and oxygen atoms in total. The molecule has 0 N–H and O–H groups in total. The highest BCUT2D eigenvalue weighted by Gasteiger charge is 2.35. The smallest absolute Gasteiger partial charge is 0.277 e. The third kappa shape index (κ3) is 4.21. The van der Waals surface area contributed by atoms with Crippen molar-refractivity contribution < 1.29 is 9.21 Å². The lowest BCUT2D eigenvalue weighted by molar-refractivity contribution is -0.134. The molecule has 1 amide bonds. The molecule has 1 aromatic carbocycles. The van der Waals surface area contributed by atoms with Crippen LogP contribution < -0.4 is 0 Å². The van der Waals surface area contributed by atoms with Crippen LogP contribution in [0.5, 0.6) is 0 Å². The van der Waals surface area contributed by atoms with Crippen LogP contribution in [0.2, 0.25) is 0 Å². The Hall–Kier alpha value is -1.82. The number of hydrogen-bond donors (Lipinski definition) is 0. The molecule has 2 heterocycles. The highest BCUT2D eigenvalue weighted by atomic mass is 32.2. The minimum Gasteiger partial charge on any atom is -0.411 e. The van der Waals surface area contributed by atoms with E-state index in [9.17, 15) is 4.79 Å². The van der Waals surface area contributed by atoms with E-state index in [1.165, 1.54) is 55.0 Å². The van der Waals surface area contributed by atoms with Gasteiger partial charge in [0.15, 0.2) is 0 Å². The molecule has 1 saturated heterocycles. The second-order valence-corrected chi connectivity index (χ2v) is 8.81. The molecular formula is C21H27N3O2S. The Labute approximate surface area is 164 Å². The summed E-state index contributed by atoms with van der Waals surface area (Å²) in [4.78, 5) is 14.9. The minimum atomic E-state index is 0.211. The van der Waals surface area contributed by atoms with Gasteiger partial charge in [0.25, 0.3) is 5.22 Å². The number of piperidine rings is 1. The zero-order chi connectivity index (χ0) is 18.8. The van der Waals surface area contributed by atoms with Crippen LogP contribution in [0.25, 0.3) is 11.5 Å². The number of hydrogen-bond acceptors (Lipinski definition) is 5. The lowest BCUT2D eigenvalue weighted by Gasteiger charge is -2.44. The fourth-order valence-corrected chi connectivity index (χ4v) is 5.27. The predicted molar refractivity (Wildman–Crippen MR) is 107 cm³/mol. The van der Waals surface area contributed by atoms with Crippen molar-refractivity contribution in [1.82, 2.24) is 15.1 Å². The third-order valence-electron chi connectivity index (χ3n) is 5.76. The van der Waals surface area contributed by atoms with Gasteiger partial charge in [-0.3, -0.25) is 4.79 Å². The summed E-state index contributed by atoms with van der Waals surface area (Å²) in [6.07, 6.45) is 7.44. The Morgan fingerprint density at radius 3 is 2.67 bits per heavy atom. The highest BCUT2D eigenvalue weighted by molar-refractivity contribution is 7.99. The number of rotatable bonds is 4. The van der Waals surface area contributed by atoms with E-state index >= 15 is 0 Å². The van der Waals surface area contributed by atoms with Crippen LogP contribution in [0.1, 0.15) is 49.7 Å². The maximum atomic E-state index is 12.8. The standard InChI is InChI=1S/C21H27N3O2S/c1-14-10-15(2)12-17(11-14)20-22-23-21(26-20)27-13-19(25)24-9-5-7-16-6-3-4-8-18(16)24/h10-12,16,18H,3-9,13H2,1-2H3. The number of likely N-dealkylation sites (tertiary alicyclic amines) is 1. The number of nitrogens with zero attached hydrogens (tertiary/aromatic N) is 3. The summed E-state index contributed by atoms with van der Waals surface area (Å²) < 4.78 is 5.79. The van der Waals surface area contributed by atoms with Gasteiger partial charge >= 0.3 is 0 Å². The zero-order valence-electron chi connectivity index (χ0n) is 16.1. The molecule has 144 valence electrons. The first-order chi connectivity index (χ1) is 13.1. The van der Waals surface area contributed by atoms with Crippen molar-refractivity contribution in [3.63, 3.8) is 0 Å². The largest absolute Gasteiger partial charge is 0.411 e. The molecular weight excluding hydrogens is 358 g/mol. The Bertz CT molecular complexity index is 797. The number of carbonyl (C=O) groups is 1. The van der Waals surface area contributed by atoms with E-state index in [-0.39, 0.29) is 5.91 Å². The molecule has 27 heavy (non-hydrogen) atoms. The second kappa shape index (κ2) is 8.05. The highest BCUT2D eigenvalue weighted by Crippen LogP contribution is 2.35. The van der Waals surface area contributed by atoms with Gasteiger partial charge in [-0.05, 0) is 57.6 Å². The summed E-state index contributed by atoms with van der Waals surface area (Å²) in [5, 5.41) is 8.76. The van der Waals surface area contributed by atoms with Crippen molar-refractivity contribution in [2.24, 2.45) is 5.92 Å². The summed E-state index contributed by atoms with van der Waals surface area (Å²) in [5.41, 5.74) is 3.26. The van der Waals surface area contributed by atoms with Crippen molar-refractivity contribution in [2.45, 2.75) is 63.6 Å². The molecule has 2 unspecified atom stereocenters. The fourth-order valence-electron chi connectivity index (χ4n) is 4.62. The molecule has 1 aromatic heterocycles. The molecule has 2 fully saturated rings. The molecule has 0 bridgehead atoms. The van der Waals surface area contributed by atoms with Crippen molar-refractivity contribution in [1.29, 1.82) is 0 Å². The molecule has 0 radical (unpaired) electrons. The first kappa shape index (κ1) is 18.5. The predicted octanol–water partition coefficient (Wildman–Crippen LogP) is 4.63. The zero-order valence-corrected chi connectivity index (χ0v) is 16.9. The number of amides is 1. The molecule has 1 aliphatic heterocycles. The number of aryl methyl sites for hydroxylation is 2. The molecule has 4 rings (SSSR count). The quantitative estimate of drug-likeness (QED) is 0.718. The van der Waals surface area contributed by atoms with Crippen LogP contribution >= 0.6 is 11.8 Å². The summed E-state index contributed by atoms with van der Waals surface area (Å²) >= 11 is 1.35. The van der Waals surface area contributed by atoms with Crippen molar-refractivity contribution >= 4 is 17.7 Å². The monoisotopic (exact) mass is 385 g/mol. The van der Waals surface area contributed by atoms with E-state index in [0.29, 0.717) is 28.8 Å². The van der Waals surface area contributed by atoms with Gasteiger partial charge < -0.3 is 9.32 Å². The maximum Gasteiger partial charge on any atom is 0.277 e. The van der Waals surface area contributed by atoms with Crippen molar-refractivity contribution in [3.05, 3.63) is 29.3 Å². The maximum absolute atomic E-state index is 12.8. The first-order valence-electron chi connectivity index (χ1n) is 9.94. The van der Waals surface area contributed by atoms with Gasteiger partial charge in [-0.25, -0.2) is 0 Å². The van der Waals surface area contributed by atoms with Gasteiger partial charge in [-0.2, -0.15) is 0 Å². The summed E-state index contributed by atoms with van der Waals surface area (Å²) in [6, 6.07) is 6.65. The van der Waals surface area contributed by atoms with Crippen molar-refractivity contribution in [2.75, 3.05) is 12.3 Å². The van der Waals surface area contributed by atoms with Crippen LogP contribution in [0.4, 0.5) is 0 Å². The second-order valence-electron chi connectivity index (χ2n) is 7.88. The molecule has 6 heteroatoms. The van der Waals surface area contributed by atoms with Crippen LogP contribution in [0.3, 0.4) is 0 Å². The van der Waals surface area contributed by atoms with E-state index in [1.807, 2.05) is 12.1 Å². The van der Waals surface area contributed by atoms with Crippen LogP contribution in [0.15, 0.2) is 27.8 Å². The number of carbonyl (C=O) groups excluding carboxylic acids is 1. The van der Waals surface area contributed by atoms with Gasteiger partial charge in [0.1, 0.15) is 0 Å². The Kier molecular flexibility index (Phi) is 5.53. The number of fused-ring (bicyclic) bond motifs is 1. The van der Waals surface area contributed by atoms with E-state index < -0.39 is 0 Å². The Morgan fingerprint density at radius 1 is 1.11 bits per heavy atom. The van der Waals surface area contributed by atoms with E-state index in [4.69, 9.17) is 4.42 Å². The van der Waals surface area contributed by atoms with Crippen molar-refractivity contribution in [3.8, 4) is 11.5 Å². The third-order valence-corrected chi connectivity index (χ3v) is 6.56. The van der Waals surface area contributed by atoms with Crippen LogP contribution in [-0.4, -0.2) is 39.3 Å². The summed E-state index contributed by atoms with van der Waals surface area (Å²) in [6.45, 7) is 5.01. The lowest BCUT2D eigenvalue weighted by atomic mass is 9.78. The molecule has 2 aromatic rings. The fraction of sp³-hybridized carbons (Fsp3) is 0.571. The van der Waals surface area contributed by atoms with Gasteiger partial charge in [-0.1, -0.05) is 41.8 Å². The number of benzene rings is 1. The summed E-state index contributed by atoms with van der Waals surface area (Å²) in [5.74, 6) is 1.81. The van der Waals surface area contributed by atoms with Gasteiger partial charge in [-0.15, -0.1) is 10.2 Å². The molecule has 1 saturated carbocycles. The van der Waals surface area contributed by atoms with E-state index in [1.54, 1.807) is 0 Å². The van der Waals surface area contributed by atoms with Gasteiger partial charge in [0, 0.05) is 18.2 Å². The van der Waals surface area contributed by atoms with Gasteiger partial charge in [0.05, 0.1) is 5.75 Å². The SMILES string of the molecule is Cc1cc(C)cc(-c2nnc(SCC(=O)N3CCCC4CCCCC43)o2)c1. The Morgan fingerprint density at radius 2 is 1.85 bits per heavy atom.